The molecule has 2 N–H and O–H groups in total. The van der Waals surface area contributed by atoms with Crippen LogP contribution in [0.15, 0.2) is 0 Å². The quantitative estimate of drug-likeness (QED) is 0.560. The molecule has 1 aliphatic rings. The van der Waals surface area contributed by atoms with E-state index in [1.807, 2.05) is 0 Å². The molecular weight excluding hydrogens is 160 g/mol. The standard InChI is InChI=1S/C11H24N2/c1-3-6-12-7-8-13-9-10(2)11-4-5-11/h10-13H,3-9H2,1-2H3. The highest BCUT2D eigenvalue weighted by molar-refractivity contribution is 4.79. The molecule has 0 aromatic rings. The maximum atomic E-state index is 3.50. The molecule has 1 fully saturated rings. The second-order valence-electron chi connectivity index (χ2n) is 4.27. The van der Waals surface area contributed by atoms with Gasteiger partial charge in [0.15, 0.2) is 0 Å². The summed E-state index contributed by atoms with van der Waals surface area (Å²) in [5, 5.41) is 6.89. The lowest BCUT2D eigenvalue weighted by atomic mass is 10.1. The van der Waals surface area contributed by atoms with Crippen LogP contribution in [0.3, 0.4) is 0 Å². The van der Waals surface area contributed by atoms with E-state index in [0.29, 0.717) is 0 Å². The van der Waals surface area contributed by atoms with Crippen molar-refractivity contribution in [3.8, 4) is 0 Å². The Hall–Kier alpha value is -0.0800. The largest absolute Gasteiger partial charge is 0.315 e. The van der Waals surface area contributed by atoms with Gasteiger partial charge in [0.2, 0.25) is 0 Å². The lowest BCUT2D eigenvalue weighted by Gasteiger charge is -2.11. The molecule has 78 valence electrons. The van der Waals surface area contributed by atoms with Crippen molar-refractivity contribution in [3.63, 3.8) is 0 Å². The van der Waals surface area contributed by atoms with E-state index in [0.717, 1.165) is 31.5 Å². The van der Waals surface area contributed by atoms with Crippen LogP contribution in [0.4, 0.5) is 0 Å². The van der Waals surface area contributed by atoms with E-state index in [1.54, 1.807) is 0 Å². The van der Waals surface area contributed by atoms with Gasteiger partial charge in [-0.2, -0.15) is 0 Å². The zero-order valence-electron chi connectivity index (χ0n) is 9.10. The highest BCUT2D eigenvalue weighted by Gasteiger charge is 2.27. The van der Waals surface area contributed by atoms with E-state index in [2.05, 4.69) is 24.5 Å². The van der Waals surface area contributed by atoms with Gasteiger partial charge in [0.1, 0.15) is 0 Å². The van der Waals surface area contributed by atoms with Gasteiger partial charge in [-0.1, -0.05) is 13.8 Å². The highest BCUT2D eigenvalue weighted by atomic mass is 14.9. The molecule has 13 heavy (non-hydrogen) atoms. The Bertz CT molecular complexity index is 121. The fourth-order valence-electron chi connectivity index (χ4n) is 1.64. The van der Waals surface area contributed by atoms with Crippen molar-refractivity contribution in [2.45, 2.75) is 33.1 Å². The summed E-state index contributed by atoms with van der Waals surface area (Å²) in [6, 6.07) is 0. The Balaban J connectivity index is 1.77. The van der Waals surface area contributed by atoms with Crippen LogP contribution in [0, 0.1) is 11.8 Å². The van der Waals surface area contributed by atoms with Crippen LogP contribution in [0.2, 0.25) is 0 Å². The molecule has 0 amide bonds. The van der Waals surface area contributed by atoms with Gasteiger partial charge < -0.3 is 10.6 Å². The van der Waals surface area contributed by atoms with E-state index in [9.17, 15) is 0 Å². The summed E-state index contributed by atoms with van der Waals surface area (Å²) in [7, 11) is 0. The monoisotopic (exact) mass is 184 g/mol. The minimum atomic E-state index is 0.895. The summed E-state index contributed by atoms with van der Waals surface area (Å²) >= 11 is 0. The fourth-order valence-corrected chi connectivity index (χ4v) is 1.64. The Kier molecular flexibility index (Phi) is 5.40. The molecule has 0 radical (unpaired) electrons. The molecule has 2 heteroatoms. The van der Waals surface area contributed by atoms with Gasteiger partial charge in [-0.05, 0) is 44.2 Å². The number of hydrogen-bond donors (Lipinski definition) is 2. The van der Waals surface area contributed by atoms with Crippen molar-refractivity contribution < 1.29 is 0 Å². The van der Waals surface area contributed by atoms with Crippen molar-refractivity contribution >= 4 is 0 Å². The summed E-state index contributed by atoms with van der Waals surface area (Å²) in [5.41, 5.74) is 0. The molecule has 0 heterocycles. The van der Waals surface area contributed by atoms with Crippen LogP contribution in [0.5, 0.6) is 0 Å². The first kappa shape index (κ1) is 11.0. The topological polar surface area (TPSA) is 24.1 Å². The second-order valence-corrected chi connectivity index (χ2v) is 4.27. The molecule has 1 unspecified atom stereocenters. The van der Waals surface area contributed by atoms with Gasteiger partial charge in [0, 0.05) is 13.1 Å². The summed E-state index contributed by atoms with van der Waals surface area (Å²) in [4.78, 5) is 0. The first-order valence-electron chi connectivity index (χ1n) is 5.76. The minimum absolute atomic E-state index is 0.895. The Morgan fingerprint density at radius 2 is 1.85 bits per heavy atom. The molecule has 2 nitrogen and oxygen atoms in total. The molecule has 0 aromatic carbocycles. The maximum absolute atomic E-state index is 3.50. The van der Waals surface area contributed by atoms with Crippen LogP contribution < -0.4 is 10.6 Å². The Morgan fingerprint density at radius 3 is 2.46 bits per heavy atom. The van der Waals surface area contributed by atoms with E-state index in [4.69, 9.17) is 0 Å². The van der Waals surface area contributed by atoms with Crippen LogP contribution in [-0.2, 0) is 0 Å². The van der Waals surface area contributed by atoms with Gasteiger partial charge in [-0.3, -0.25) is 0 Å². The molecule has 0 aromatic heterocycles. The first-order chi connectivity index (χ1) is 6.34. The zero-order chi connectivity index (χ0) is 9.52. The predicted octanol–water partition coefficient (Wildman–Crippen LogP) is 1.62. The summed E-state index contributed by atoms with van der Waals surface area (Å²) in [6.45, 7) is 9.17. The third-order valence-electron chi connectivity index (χ3n) is 2.80. The Labute approximate surface area is 82.5 Å². The zero-order valence-corrected chi connectivity index (χ0v) is 9.10. The van der Waals surface area contributed by atoms with Crippen molar-refractivity contribution in [1.82, 2.24) is 10.6 Å². The summed E-state index contributed by atoms with van der Waals surface area (Å²) < 4.78 is 0. The van der Waals surface area contributed by atoms with E-state index in [1.165, 1.54) is 25.8 Å². The summed E-state index contributed by atoms with van der Waals surface area (Å²) in [5.74, 6) is 1.93. The normalized spacial score (nSPS) is 18.9. The Morgan fingerprint density at radius 1 is 1.15 bits per heavy atom. The van der Waals surface area contributed by atoms with Crippen LogP contribution in [-0.4, -0.2) is 26.2 Å². The average Bonchev–Trinajstić information content (AvgIpc) is 2.93. The van der Waals surface area contributed by atoms with Crippen LogP contribution >= 0.6 is 0 Å². The molecule has 0 bridgehead atoms. The SMILES string of the molecule is CCCNCCNCC(C)C1CC1. The van der Waals surface area contributed by atoms with Gasteiger partial charge in [0.25, 0.3) is 0 Å². The second kappa shape index (κ2) is 6.39. The van der Waals surface area contributed by atoms with Gasteiger partial charge in [-0.15, -0.1) is 0 Å². The van der Waals surface area contributed by atoms with E-state index < -0.39 is 0 Å². The molecular formula is C11H24N2. The van der Waals surface area contributed by atoms with Gasteiger partial charge in [0.05, 0.1) is 0 Å². The van der Waals surface area contributed by atoms with Gasteiger partial charge in [-0.25, -0.2) is 0 Å². The maximum Gasteiger partial charge on any atom is 0.00768 e. The highest BCUT2D eigenvalue weighted by Crippen LogP contribution is 2.35. The smallest absolute Gasteiger partial charge is 0.00768 e. The molecule has 1 aliphatic carbocycles. The predicted molar refractivity (Wildman–Crippen MR) is 57.9 cm³/mol. The molecule has 1 atom stereocenters. The number of hydrogen-bond acceptors (Lipinski definition) is 2. The lowest BCUT2D eigenvalue weighted by Crippen LogP contribution is -2.30. The molecule has 0 spiro atoms. The van der Waals surface area contributed by atoms with Crippen LogP contribution in [0.25, 0.3) is 0 Å². The molecule has 1 saturated carbocycles. The molecule has 1 rings (SSSR count). The van der Waals surface area contributed by atoms with Crippen molar-refractivity contribution in [2.75, 3.05) is 26.2 Å². The summed E-state index contributed by atoms with van der Waals surface area (Å²) in [6.07, 6.45) is 4.17. The average molecular weight is 184 g/mol. The minimum Gasteiger partial charge on any atom is -0.315 e. The van der Waals surface area contributed by atoms with E-state index in [-0.39, 0.29) is 0 Å². The third kappa shape index (κ3) is 5.27. The third-order valence-corrected chi connectivity index (χ3v) is 2.80. The van der Waals surface area contributed by atoms with Gasteiger partial charge >= 0.3 is 0 Å². The van der Waals surface area contributed by atoms with Crippen LogP contribution in [0.1, 0.15) is 33.1 Å². The lowest BCUT2D eigenvalue weighted by molar-refractivity contribution is 0.458. The molecule has 0 saturated heterocycles. The number of rotatable bonds is 8. The van der Waals surface area contributed by atoms with Crippen molar-refractivity contribution in [2.24, 2.45) is 11.8 Å². The number of nitrogens with one attached hydrogen (secondary N) is 2. The van der Waals surface area contributed by atoms with Crippen molar-refractivity contribution in [1.29, 1.82) is 0 Å². The van der Waals surface area contributed by atoms with Crippen molar-refractivity contribution in [3.05, 3.63) is 0 Å². The van der Waals surface area contributed by atoms with E-state index >= 15 is 0 Å². The molecule has 0 aliphatic heterocycles. The first-order valence-corrected chi connectivity index (χ1v) is 5.76. The fraction of sp³-hybridized carbons (Fsp3) is 1.00.